The second kappa shape index (κ2) is 5.19. The molecule has 0 fully saturated rings. The number of hydrogen-bond acceptors (Lipinski definition) is 4. The van der Waals surface area contributed by atoms with Crippen LogP contribution in [0.5, 0.6) is 0 Å². The Hall–Kier alpha value is -2.21. The number of rotatable bonds is 4. The summed E-state index contributed by atoms with van der Waals surface area (Å²) in [4.78, 5) is 28.7. The third-order valence-corrected chi connectivity index (χ3v) is 3.05. The molecule has 2 aromatic rings. The van der Waals surface area contributed by atoms with Gasteiger partial charge >= 0.3 is 5.97 Å². The number of carboxylic acids is 1. The Kier molecular flexibility index (Phi) is 3.62. The molecule has 2 rings (SSSR count). The van der Waals surface area contributed by atoms with E-state index >= 15 is 0 Å². The Morgan fingerprint density at radius 1 is 1.53 bits per heavy atom. The summed E-state index contributed by atoms with van der Waals surface area (Å²) in [6.07, 6.45) is 1.65. The first-order chi connectivity index (χ1) is 8.99. The Bertz CT molecular complexity index is 665. The third kappa shape index (κ3) is 2.79. The number of carboxylic acid groups (broad SMARTS) is 1. The van der Waals surface area contributed by atoms with Gasteiger partial charge in [0, 0.05) is 18.8 Å². The maximum atomic E-state index is 11.9. The molecule has 100 valence electrons. The molecule has 6 nitrogen and oxygen atoms in total. The molecule has 0 amide bonds. The van der Waals surface area contributed by atoms with Crippen LogP contribution in [0.1, 0.15) is 12.6 Å². The van der Waals surface area contributed by atoms with Crippen LogP contribution in [-0.2, 0) is 11.3 Å². The summed E-state index contributed by atoms with van der Waals surface area (Å²) in [7, 11) is 1.69. The average molecular weight is 261 g/mol. The number of aliphatic carboxylic acids is 1. The van der Waals surface area contributed by atoms with Crippen LogP contribution in [0, 0.1) is 0 Å². The Morgan fingerprint density at radius 3 is 2.95 bits per heavy atom. The average Bonchev–Trinajstić information content (AvgIpc) is 2.37. The van der Waals surface area contributed by atoms with Crippen molar-refractivity contribution in [2.24, 2.45) is 0 Å². The van der Waals surface area contributed by atoms with Crippen LogP contribution in [0.3, 0.4) is 0 Å². The van der Waals surface area contributed by atoms with E-state index in [0.717, 1.165) is 0 Å². The van der Waals surface area contributed by atoms with Crippen molar-refractivity contribution >= 4 is 11.6 Å². The molecule has 0 spiro atoms. The van der Waals surface area contributed by atoms with Crippen molar-refractivity contribution in [1.29, 1.82) is 0 Å². The first kappa shape index (κ1) is 13.2. The summed E-state index contributed by atoms with van der Waals surface area (Å²) < 4.78 is 1.45. The number of nitrogens with zero attached hydrogens (tertiary/aromatic N) is 3. The zero-order valence-corrected chi connectivity index (χ0v) is 10.8. The minimum absolute atomic E-state index is 0.169. The van der Waals surface area contributed by atoms with Gasteiger partial charge < -0.3 is 5.11 Å². The predicted molar refractivity (Wildman–Crippen MR) is 70.0 cm³/mol. The molecule has 0 saturated heterocycles. The van der Waals surface area contributed by atoms with Crippen LogP contribution in [0.15, 0.2) is 35.3 Å². The highest BCUT2D eigenvalue weighted by Gasteiger charge is 2.17. The quantitative estimate of drug-likeness (QED) is 0.872. The molecular formula is C13H15N3O3. The summed E-state index contributed by atoms with van der Waals surface area (Å²) >= 11 is 0. The van der Waals surface area contributed by atoms with Crippen LogP contribution in [0.4, 0.5) is 0 Å². The summed E-state index contributed by atoms with van der Waals surface area (Å²) in [6.45, 7) is 1.91. The minimum Gasteiger partial charge on any atom is -0.480 e. The van der Waals surface area contributed by atoms with E-state index in [1.807, 2.05) is 0 Å². The van der Waals surface area contributed by atoms with E-state index in [1.165, 1.54) is 10.5 Å². The second-order valence-electron chi connectivity index (χ2n) is 4.44. The van der Waals surface area contributed by atoms with E-state index in [-0.39, 0.29) is 5.56 Å². The SMILES string of the molecule is CC(C(=O)O)N(C)Cc1cc(=O)n2ccccc2n1. The molecule has 0 aromatic carbocycles. The van der Waals surface area contributed by atoms with Gasteiger partial charge in [0.1, 0.15) is 11.7 Å². The largest absolute Gasteiger partial charge is 0.480 e. The molecule has 19 heavy (non-hydrogen) atoms. The highest BCUT2D eigenvalue weighted by Crippen LogP contribution is 2.04. The number of fused-ring (bicyclic) bond motifs is 1. The van der Waals surface area contributed by atoms with Gasteiger partial charge in [0.2, 0.25) is 0 Å². The third-order valence-electron chi connectivity index (χ3n) is 3.05. The normalized spacial score (nSPS) is 12.8. The summed E-state index contributed by atoms with van der Waals surface area (Å²) in [5.74, 6) is -0.903. The molecule has 1 unspecified atom stereocenters. The van der Waals surface area contributed by atoms with Crippen molar-refractivity contribution in [3.05, 3.63) is 46.5 Å². The Labute approximate surface area is 109 Å². The lowest BCUT2D eigenvalue weighted by molar-refractivity contribution is -0.142. The lowest BCUT2D eigenvalue weighted by Gasteiger charge is -2.20. The monoisotopic (exact) mass is 261 g/mol. The molecule has 1 atom stereocenters. The van der Waals surface area contributed by atoms with Crippen molar-refractivity contribution in [2.45, 2.75) is 19.5 Å². The fraction of sp³-hybridized carbons (Fsp3) is 0.308. The van der Waals surface area contributed by atoms with Crippen LogP contribution < -0.4 is 5.56 Å². The van der Waals surface area contributed by atoms with E-state index in [1.54, 1.807) is 43.3 Å². The van der Waals surface area contributed by atoms with Crippen molar-refractivity contribution in [3.63, 3.8) is 0 Å². The Morgan fingerprint density at radius 2 is 2.26 bits per heavy atom. The van der Waals surface area contributed by atoms with Gasteiger partial charge in [-0.15, -0.1) is 0 Å². The van der Waals surface area contributed by atoms with Crippen molar-refractivity contribution in [2.75, 3.05) is 7.05 Å². The molecule has 6 heteroatoms. The van der Waals surface area contributed by atoms with E-state index in [4.69, 9.17) is 5.11 Å². The van der Waals surface area contributed by atoms with Crippen molar-refractivity contribution in [1.82, 2.24) is 14.3 Å². The number of aromatic nitrogens is 2. The van der Waals surface area contributed by atoms with Gasteiger partial charge in [-0.3, -0.25) is 18.9 Å². The van der Waals surface area contributed by atoms with Crippen LogP contribution in [-0.4, -0.2) is 38.4 Å². The van der Waals surface area contributed by atoms with Crippen molar-refractivity contribution < 1.29 is 9.90 Å². The fourth-order valence-electron chi connectivity index (χ4n) is 1.77. The summed E-state index contributed by atoms with van der Waals surface area (Å²) in [5, 5.41) is 8.93. The van der Waals surface area contributed by atoms with E-state index in [9.17, 15) is 9.59 Å². The highest BCUT2D eigenvalue weighted by molar-refractivity contribution is 5.72. The lowest BCUT2D eigenvalue weighted by Crippen LogP contribution is -2.35. The second-order valence-corrected chi connectivity index (χ2v) is 4.44. The van der Waals surface area contributed by atoms with Gasteiger partial charge in [0.15, 0.2) is 0 Å². The summed E-state index contributed by atoms with van der Waals surface area (Å²) in [6, 6.07) is 6.10. The van der Waals surface area contributed by atoms with Gasteiger partial charge in [0.05, 0.1) is 5.69 Å². The minimum atomic E-state index is -0.903. The molecule has 0 saturated carbocycles. The van der Waals surface area contributed by atoms with E-state index in [0.29, 0.717) is 17.9 Å². The number of pyridine rings is 1. The standard InChI is InChI=1S/C13H15N3O3/c1-9(13(18)19)15(2)8-10-7-12(17)16-6-4-3-5-11(16)14-10/h3-7,9H,8H2,1-2H3,(H,18,19). The maximum Gasteiger partial charge on any atom is 0.320 e. The zero-order chi connectivity index (χ0) is 14.0. The molecular weight excluding hydrogens is 246 g/mol. The first-order valence-corrected chi connectivity index (χ1v) is 5.89. The molecule has 0 aliphatic rings. The number of hydrogen-bond donors (Lipinski definition) is 1. The van der Waals surface area contributed by atoms with E-state index in [2.05, 4.69) is 4.98 Å². The zero-order valence-electron chi connectivity index (χ0n) is 10.8. The Balaban J connectivity index is 2.32. The van der Waals surface area contributed by atoms with Gasteiger partial charge in [-0.2, -0.15) is 0 Å². The molecule has 0 radical (unpaired) electrons. The lowest BCUT2D eigenvalue weighted by atomic mass is 10.2. The van der Waals surface area contributed by atoms with Crippen LogP contribution in [0.25, 0.3) is 5.65 Å². The number of carbonyl (C=O) groups is 1. The van der Waals surface area contributed by atoms with Gasteiger partial charge in [-0.05, 0) is 26.1 Å². The van der Waals surface area contributed by atoms with Gasteiger partial charge in [-0.1, -0.05) is 6.07 Å². The smallest absolute Gasteiger partial charge is 0.320 e. The predicted octanol–water partition coefficient (Wildman–Crippen LogP) is 0.599. The molecule has 2 aromatic heterocycles. The van der Waals surface area contributed by atoms with Crippen LogP contribution >= 0.6 is 0 Å². The van der Waals surface area contributed by atoms with Gasteiger partial charge in [-0.25, -0.2) is 4.98 Å². The number of likely N-dealkylation sites (N-methyl/N-ethyl adjacent to an activating group) is 1. The van der Waals surface area contributed by atoms with Gasteiger partial charge in [0.25, 0.3) is 5.56 Å². The van der Waals surface area contributed by atoms with Crippen LogP contribution in [0.2, 0.25) is 0 Å². The molecule has 2 heterocycles. The van der Waals surface area contributed by atoms with Crippen molar-refractivity contribution in [3.8, 4) is 0 Å². The molecule has 0 bridgehead atoms. The molecule has 0 aliphatic carbocycles. The highest BCUT2D eigenvalue weighted by atomic mass is 16.4. The first-order valence-electron chi connectivity index (χ1n) is 5.89. The topological polar surface area (TPSA) is 74.9 Å². The maximum absolute atomic E-state index is 11.9. The fourth-order valence-corrected chi connectivity index (χ4v) is 1.77. The van der Waals surface area contributed by atoms with E-state index < -0.39 is 12.0 Å². The summed E-state index contributed by atoms with van der Waals surface area (Å²) in [5.41, 5.74) is 0.949. The molecule has 1 N–H and O–H groups in total. The molecule has 0 aliphatic heterocycles.